The zero-order valence-electron chi connectivity index (χ0n) is 25.6. The normalized spacial score (nSPS) is 21.7. The van der Waals surface area contributed by atoms with E-state index in [0.717, 1.165) is 37.2 Å². The van der Waals surface area contributed by atoms with Crippen molar-refractivity contribution in [2.75, 3.05) is 0 Å². The minimum Gasteiger partial charge on any atom is -0.115 e. The van der Waals surface area contributed by atoms with Gasteiger partial charge in [-0.2, -0.15) is 0 Å². The third-order valence-electron chi connectivity index (χ3n) is 9.89. The molecule has 3 aromatic rings. The van der Waals surface area contributed by atoms with Crippen molar-refractivity contribution in [2.24, 2.45) is 17.8 Å². The Morgan fingerprint density at radius 2 is 1.74 bits per heavy atom. The Balaban J connectivity index is 1.15. The maximum absolute atomic E-state index is 5.86. The van der Waals surface area contributed by atoms with Crippen LogP contribution in [-0.4, -0.2) is 0 Å². The van der Waals surface area contributed by atoms with Crippen LogP contribution in [0.1, 0.15) is 84.7 Å². The molecule has 0 heteroatoms. The van der Waals surface area contributed by atoms with E-state index < -0.39 is 0 Å². The summed E-state index contributed by atoms with van der Waals surface area (Å²) in [6.45, 7) is 6.98. The Hall–Kier alpha value is -4.08. The molecule has 2 atom stereocenters. The van der Waals surface area contributed by atoms with Gasteiger partial charge in [-0.25, -0.2) is 0 Å². The van der Waals surface area contributed by atoms with Gasteiger partial charge in [0, 0.05) is 11.5 Å². The minimum atomic E-state index is 0.411. The van der Waals surface area contributed by atoms with E-state index in [2.05, 4.69) is 122 Å². The Morgan fingerprint density at radius 3 is 2.42 bits per heavy atom. The maximum atomic E-state index is 5.86. The summed E-state index contributed by atoms with van der Waals surface area (Å²) in [5, 5.41) is 0. The van der Waals surface area contributed by atoms with Gasteiger partial charge in [0.1, 0.15) is 0 Å². The van der Waals surface area contributed by atoms with E-state index >= 15 is 0 Å². The highest BCUT2D eigenvalue weighted by atomic mass is 14.3. The zero-order chi connectivity index (χ0) is 29.6. The molecule has 0 saturated heterocycles. The lowest BCUT2D eigenvalue weighted by Gasteiger charge is -2.36. The Morgan fingerprint density at radius 1 is 0.953 bits per heavy atom. The van der Waals surface area contributed by atoms with E-state index in [1.165, 1.54) is 70.2 Å². The lowest BCUT2D eigenvalue weighted by atomic mass is 9.69. The molecule has 0 N–H and O–H groups in total. The quantitative estimate of drug-likeness (QED) is 0.171. The zero-order valence-corrected chi connectivity index (χ0v) is 25.6. The predicted molar refractivity (Wildman–Crippen MR) is 185 cm³/mol. The van der Waals surface area contributed by atoms with Crippen LogP contribution in [-0.2, 0) is 12.8 Å². The lowest BCUT2D eigenvalue weighted by molar-refractivity contribution is 0.252. The number of aryl methyl sites for hydroxylation is 1. The number of terminal acetylenes is 1. The highest BCUT2D eigenvalue weighted by Crippen LogP contribution is 2.44. The van der Waals surface area contributed by atoms with Gasteiger partial charge in [-0.05, 0) is 114 Å². The fourth-order valence-corrected chi connectivity index (χ4v) is 7.49. The molecule has 0 radical (unpaired) electrons. The summed E-state index contributed by atoms with van der Waals surface area (Å²) in [5.74, 6) is 5.21. The fourth-order valence-electron chi connectivity index (χ4n) is 7.49. The molecule has 0 aromatic heterocycles. The Bertz CT molecular complexity index is 1590. The molecule has 43 heavy (non-hydrogen) atoms. The summed E-state index contributed by atoms with van der Waals surface area (Å²) in [6.07, 6.45) is 28.6. The molecule has 0 heterocycles. The van der Waals surface area contributed by atoms with Crippen molar-refractivity contribution in [3.05, 3.63) is 155 Å². The molecule has 0 bridgehead atoms. The van der Waals surface area contributed by atoms with Crippen LogP contribution in [0.4, 0.5) is 0 Å². The number of benzene rings is 3. The second-order valence-corrected chi connectivity index (χ2v) is 12.9. The van der Waals surface area contributed by atoms with Gasteiger partial charge in [0.15, 0.2) is 0 Å². The first-order chi connectivity index (χ1) is 21.1. The van der Waals surface area contributed by atoms with Crippen LogP contribution < -0.4 is 0 Å². The van der Waals surface area contributed by atoms with Gasteiger partial charge in [0.2, 0.25) is 0 Å². The van der Waals surface area contributed by atoms with Crippen molar-refractivity contribution in [2.45, 2.75) is 64.2 Å². The summed E-state index contributed by atoms with van der Waals surface area (Å²) in [7, 11) is 0. The number of rotatable bonds is 10. The van der Waals surface area contributed by atoms with Gasteiger partial charge >= 0.3 is 0 Å². The molecule has 3 aliphatic carbocycles. The second kappa shape index (κ2) is 13.5. The van der Waals surface area contributed by atoms with E-state index in [-0.39, 0.29) is 0 Å². The van der Waals surface area contributed by atoms with Crippen LogP contribution in [0.3, 0.4) is 0 Å². The average molecular weight is 561 g/mol. The van der Waals surface area contributed by atoms with E-state index in [1.807, 2.05) is 0 Å². The molecule has 3 aliphatic rings. The van der Waals surface area contributed by atoms with Crippen LogP contribution in [0.25, 0.3) is 11.1 Å². The minimum absolute atomic E-state index is 0.411. The van der Waals surface area contributed by atoms with Crippen LogP contribution in [0, 0.1) is 30.1 Å². The molecule has 0 spiro atoms. The summed E-state index contributed by atoms with van der Waals surface area (Å²) in [4.78, 5) is 0. The third kappa shape index (κ3) is 6.95. The van der Waals surface area contributed by atoms with Crippen LogP contribution in [0.2, 0.25) is 0 Å². The van der Waals surface area contributed by atoms with Gasteiger partial charge in [-0.1, -0.05) is 128 Å². The largest absolute Gasteiger partial charge is 0.115 e. The maximum Gasteiger partial charge on any atom is 0.0318 e. The van der Waals surface area contributed by atoms with Gasteiger partial charge in [0.05, 0.1) is 0 Å². The molecular weight excluding hydrogens is 516 g/mol. The summed E-state index contributed by atoms with van der Waals surface area (Å²) in [5.41, 5.74) is 11.9. The molecule has 1 saturated carbocycles. The standard InChI is InChI=1S/C43H44/c1-4-36-21-19-35(30-42(36)38-12-8-9-13-38)29-34-17-22-39(23-18-34)43(32(3)15-16-33-10-6-5-7-11-33)40-26-24-37(25-27-40)41-20-14-31(2)28-41/h1,5-12,14,19-21,24-28,30-31,34,39,43H,3,13,15-18,22-23,29H2,2H3. The van der Waals surface area contributed by atoms with E-state index in [4.69, 9.17) is 13.0 Å². The Labute approximate surface area is 259 Å². The van der Waals surface area contributed by atoms with Gasteiger partial charge in [0.25, 0.3) is 0 Å². The number of hydrogen-bond donors (Lipinski definition) is 0. The lowest BCUT2D eigenvalue weighted by Crippen LogP contribution is -2.23. The van der Waals surface area contributed by atoms with Crippen LogP contribution >= 0.6 is 0 Å². The summed E-state index contributed by atoms with van der Waals surface area (Å²) in [6, 6.07) is 27.1. The highest BCUT2D eigenvalue weighted by molar-refractivity contribution is 5.77. The summed E-state index contributed by atoms with van der Waals surface area (Å²) >= 11 is 0. The van der Waals surface area contributed by atoms with Crippen LogP contribution in [0.15, 0.2) is 121 Å². The fraction of sp³-hybridized carbons (Fsp3) is 0.302. The van der Waals surface area contributed by atoms with Crippen molar-refractivity contribution < 1.29 is 0 Å². The highest BCUT2D eigenvalue weighted by Gasteiger charge is 2.30. The molecule has 6 rings (SSSR count). The van der Waals surface area contributed by atoms with Crippen molar-refractivity contribution in [1.82, 2.24) is 0 Å². The van der Waals surface area contributed by atoms with Crippen molar-refractivity contribution in [3.63, 3.8) is 0 Å². The summed E-state index contributed by atoms with van der Waals surface area (Å²) < 4.78 is 0. The smallest absolute Gasteiger partial charge is 0.0318 e. The third-order valence-corrected chi connectivity index (χ3v) is 9.89. The van der Waals surface area contributed by atoms with Crippen LogP contribution in [0.5, 0.6) is 0 Å². The molecule has 0 amide bonds. The van der Waals surface area contributed by atoms with E-state index in [9.17, 15) is 0 Å². The monoisotopic (exact) mass is 560 g/mol. The first kappa shape index (κ1) is 29.0. The molecule has 0 aliphatic heterocycles. The molecule has 1 fully saturated rings. The first-order valence-electron chi connectivity index (χ1n) is 16.2. The van der Waals surface area contributed by atoms with E-state index in [1.54, 1.807) is 0 Å². The van der Waals surface area contributed by atoms with Gasteiger partial charge in [-0.15, -0.1) is 6.42 Å². The topological polar surface area (TPSA) is 0 Å². The Kier molecular flexibility index (Phi) is 9.10. The predicted octanol–water partition coefficient (Wildman–Crippen LogP) is 10.9. The second-order valence-electron chi connectivity index (χ2n) is 12.9. The van der Waals surface area contributed by atoms with Crippen molar-refractivity contribution >= 4 is 11.1 Å². The average Bonchev–Trinajstić information content (AvgIpc) is 3.74. The van der Waals surface area contributed by atoms with Gasteiger partial charge < -0.3 is 0 Å². The number of allylic oxidation sites excluding steroid dienone is 9. The molecular formula is C43H44. The first-order valence-corrected chi connectivity index (χ1v) is 16.2. The van der Waals surface area contributed by atoms with Crippen molar-refractivity contribution in [1.29, 1.82) is 0 Å². The number of hydrogen-bond acceptors (Lipinski definition) is 0. The molecule has 2 unspecified atom stereocenters. The molecule has 216 valence electrons. The molecule has 3 aromatic carbocycles. The van der Waals surface area contributed by atoms with Crippen molar-refractivity contribution in [3.8, 4) is 12.3 Å². The van der Waals surface area contributed by atoms with E-state index in [0.29, 0.717) is 17.8 Å². The van der Waals surface area contributed by atoms with Gasteiger partial charge in [-0.3, -0.25) is 0 Å². The SMILES string of the molecule is C#Cc1ccc(CC2CCC(C(C(=C)CCc3ccccc3)c3ccc(C4=CC(C)C=C4)cc3)CC2)cc1C1=CC=CC1. The molecule has 0 nitrogen and oxygen atoms in total.